The third-order valence-electron chi connectivity index (χ3n) is 2.35. The van der Waals surface area contributed by atoms with E-state index in [2.05, 4.69) is 4.98 Å². The molecule has 2 heterocycles. The highest BCUT2D eigenvalue weighted by molar-refractivity contribution is 7.17. The Morgan fingerprint density at radius 2 is 2.27 bits per heavy atom. The molecule has 0 amide bonds. The van der Waals surface area contributed by atoms with Gasteiger partial charge in [0.25, 0.3) is 5.56 Å². The minimum absolute atomic E-state index is 0.0879. The second-order valence-electron chi connectivity index (χ2n) is 3.40. The monoisotopic (exact) mass is 226 g/mol. The summed E-state index contributed by atoms with van der Waals surface area (Å²) in [5.74, 6) is 0.576. The molecule has 5 heteroatoms. The Kier molecular flexibility index (Phi) is 2.56. The number of alkyl halides is 1. The van der Waals surface area contributed by atoms with E-state index in [1.54, 1.807) is 6.92 Å². The van der Waals surface area contributed by atoms with Crippen LogP contribution in [0.2, 0.25) is 0 Å². The van der Waals surface area contributed by atoms with Gasteiger partial charge in [-0.15, -0.1) is 11.3 Å². The van der Waals surface area contributed by atoms with Crippen molar-refractivity contribution < 1.29 is 4.39 Å². The molecule has 80 valence electrons. The van der Waals surface area contributed by atoms with Crippen molar-refractivity contribution in [2.45, 2.75) is 20.4 Å². The fourth-order valence-electron chi connectivity index (χ4n) is 1.57. The van der Waals surface area contributed by atoms with E-state index in [0.717, 1.165) is 11.1 Å². The van der Waals surface area contributed by atoms with Crippen molar-refractivity contribution in [2.24, 2.45) is 0 Å². The third kappa shape index (κ3) is 1.56. The summed E-state index contributed by atoms with van der Waals surface area (Å²) in [6, 6.07) is 0. The molecule has 0 spiro atoms. The van der Waals surface area contributed by atoms with E-state index in [9.17, 15) is 9.18 Å². The topological polar surface area (TPSA) is 34.9 Å². The van der Waals surface area contributed by atoms with E-state index in [0.29, 0.717) is 10.5 Å². The summed E-state index contributed by atoms with van der Waals surface area (Å²) in [4.78, 5) is 16.2. The van der Waals surface area contributed by atoms with Crippen molar-refractivity contribution in [3.05, 3.63) is 27.1 Å². The van der Waals surface area contributed by atoms with Crippen LogP contribution in [-0.2, 0) is 6.54 Å². The van der Waals surface area contributed by atoms with Crippen molar-refractivity contribution >= 4 is 21.6 Å². The molecule has 0 saturated carbocycles. The number of nitrogens with zero attached hydrogens (tertiary/aromatic N) is 2. The molecule has 0 aliphatic carbocycles. The van der Waals surface area contributed by atoms with Gasteiger partial charge in [0.15, 0.2) is 0 Å². The zero-order valence-electron chi connectivity index (χ0n) is 8.58. The quantitative estimate of drug-likeness (QED) is 0.785. The second-order valence-corrected chi connectivity index (χ2v) is 4.28. The Morgan fingerprint density at radius 3 is 2.93 bits per heavy atom. The van der Waals surface area contributed by atoms with Gasteiger partial charge >= 0.3 is 0 Å². The van der Waals surface area contributed by atoms with Crippen LogP contribution >= 0.6 is 11.3 Å². The molecular formula is C10H11FN2OS. The van der Waals surface area contributed by atoms with Crippen LogP contribution in [0.1, 0.15) is 11.4 Å². The first-order valence-electron chi connectivity index (χ1n) is 4.66. The summed E-state index contributed by atoms with van der Waals surface area (Å²) in [6.07, 6.45) is 0. The first-order chi connectivity index (χ1) is 7.15. The lowest BCUT2D eigenvalue weighted by Crippen LogP contribution is -2.24. The molecule has 0 aromatic carbocycles. The zero-order chi connectivity index (χ0) is 11.0. The maximum Gasteiger partial charge on any atom is 0.271 e. The van der Waals surface area contributed by atoms with Crippen LogP contribution in [0.3, 0.4) is 0 Å². The summed E-state index contributed by atoms with van der Waals surface area (Å²) in [6.45, 7) is 3.20. The molecule has 0 N–H and O–H groups in total. The van der Waals surface area contributed by atoms with Crippen molar-refractivity contribution in [3.8, 4) is 0 Å². The molecule has 0 fully saturated rings. The van der Waals surface area contributed by atoms with Crippen LogP contribution in [0.15, 0.2) is 10.2 Å². The number of aryl methyl sites for hydroxylation is 2. The summed E-state index contributed by atoms with van der Waals surface area (Å²) < 4.78 is 14.3. The molecule has 0 atom stereocenters. The Balaban J connectivity index is 2.79. The zero-order valence-corrected chi connectivity index (χ0v) is 9.40. The second kappa shape index (κ2) is 3.73. The molecule has 0 aliphatic heterocycles. The first kappa shape index (κ1) is 10.3. The molecular weight excluding hydrogens is 215 g/mol. The number of halogens is 1. The van der Waals surface area contributed by atoms with Gasteiger partial charge in [-0.2, -0.15) is 0 Å². The van der Waals surface area contributed by atoms with Crippen molar-refractivity contribution in [1.82, 2.24) is 9.55 Å². The summed E-state index contributed by atoms with van der Waals surface area (Å²) in [5, 5.41) is 1.90. The van der Waals surface area contributed by atoms with Gasteiger partial charge < -0.3 is 0 Å². The van der Waals surface area contributed by atoms with Crippen LogP contribution in [0.25, 0.3) is 10.2 Å². The highest BCUT2D eigenvalue weighted by Crippen LogP contribution is 2.20. The Labute approximate surface area is 90.2 Å². The molecule has 2 aromatic rings. The molecule has 0 radical (unpaired) electrons. The molecule has 2 rings (SSSR count). The van der Waals surface area contributed by atoms with Gasteiger partial charge in [0.1, 0.15) is 17.2 Å². The lowest BCUT2D eigenvalue weighted by molar-refractivity contribution is 0.435. The number of rotatable bonds is 2. The molecule has 0 bridgehead atoms. The average Bonchev–Trinajstić information content (AvgIpc) is 2.55. The predicted octanol–water partition coefficient (Wildman–Crippen LogP) is 2.04. The van der Waals surface area contributed by atoms with Crippen LogP contribution in [-0.4, -0.2) is 16.2 Å². The minimum Gasteiger partial charge on any atom is -0.293 e. The predicted molar refractivity (Wildman–Crippen MR) is 59.3 cm³/mol. The highest BCUT2D eigenvalue weighted by atomic mass is 32.1. The Morgan fingerprint density at radius 1 is 1.53 bits per heavy atom. The van der Waals surface area contributed by atoms with Crippen LogP contribution in [0, 0.1) is 13.8 Å². The SMILES string of the molecule is Cc1csc2c(=O)n(CCF)c(C)nc12. The highest BCUT2D eigenvalue weighted by Gasteiger charge is 2.10. The molecule has 3 nitrogen and oxygen atoms in total. The van der Waals surface area contributed by atoms with Crippen LogP contribution in [0.4, 0.5) is 4.39 Å². The fraction of sp³-hybridized carbons (Fsp3) is 0.400. The smallest absolute Gasteiger partial charge is 0.271 e. The van der Waals surface area contributed by atoms with Gasteiger partial charge in [-0.1, -0.05) is 0 Å². The van der Waals surface area contributed by atoms with E-state index < -0.39 is 6.67 Å². The normalized spacial score (nSPS) is 11.1. The molecule has 0 unspecified atom stereocenters. The average molecular weight is 226 g/mol. The largest absolute Gasteiger partial charge is 0.293 e. The third-order valence-corrected chi connectivity index (χ3v) is 3.43. The molecule has 0 saturated heterocycles. The maximum absolute atomic E-state index is 12.3. The number of fused-ring (bicyclic) bond motifs is 1. The lowest BCUT2D eigenvalue weighted by Gasteiger charge is -2.06. The number of hydrogen-bond donors (Lipinski definition) is 0. The van der Waals surface area contributed by atoms with Gasteiger partial charge in [0.2, 0.25) is 0 Å². The lowest BCUT2D eigenvalue weighted by atomic mass is 10.3. The maximum atomic E-state index is 12.3. The number of aromatic nitrogens is 2. The summed E-state index contributed by atoms with van der Waals surface area (Å²) in [5.41, 5.74) is 1.62. The van der Waals surface area contributed by atoms with E-state index in [-0.39, 0.29) is 12.1 Å². The van der Waals surface area contributed by atoms with Gasteiger partial charge in [-0.3, -0.25) is 9.36 Å². The Bertz CT molecular complexity index is 558. The van der Waals surface area contributed by atoms with E-state index in [4.69, 9.17) is 0 Å². The summed E-state index contributed by atoms with van der Waals surface area (Å²) in [7, 11) is 0. The van der Waals surface area contributed by atoms with Gasteiger partial charge in [0, 0.05) is 0 Å². The van der Waals surface area contributed by atoms with Gasteiger partial charge in [-0.05, 0) is 24.8 Å². The Hall–Kier alpha value is -1.23. The van der Waals surface area contributed by atoms with Gasteiger partial charge in [-0.25, -0.2) is 9.37 Å². The molecule has 2 aromatic heterocycles. The summed E-state index contributed by atoms with van der Waals surface area (Å²) >= 11 is 1.37. The molecule has 15 heavy (non-hydrogen) atoms. The fourth-order valence-corrected chi connectivity index (χ4v) is 2.50. The first-order valence-corrected chi connectivity index (χ1v) is 5.54. The van der Waals surface area contributed by atoms with Crippen molar-refractivity contribution in [2.75, 3.05) is 6.67 Å². The van der Waals surface area contributed by atoms with E-state index >= 15 is 0 Å². The van der Waals surface area contributed by atoms with E-state index in [1.807, 2.05) is 12.3 Å². The van der Waals surface area contributed by atoms with Crippen LogP contribution in [0.5, 0.6) is 0 Å². The standard InChI is InChI=1S/C10H11FN2OS/c1-6-5-15-9-8(6)12-7(2)13(4-3-11)10(9)14/h5H,3-4H2,1-2H3. The number of hydrogen-bond acceptors (Lipinski definition) is 3. The van der Waals surface area contributed by atoms with Crippen molar-refractivity contribution in [3.63, 3.8) is 0 Å². The van der Waals surface area contributed by atoms with Crippen LogP contribution < -0.4 is 5.56 Å². The number of thiophene rings is 1. The van der Waals surface area contributed by atoms with Gasteiger partial charge in [0.05, 0.1) is 12.1 Å². The van der Waals surface area contributed by atoms with E-state index in [1.165, 1.54) is 15.9 Å². The van der Waals surface area contributed by atoms with Crippen molar-refractivity contribution in [1.29, 1.82) is 0 Å². The minimum atomic E-state index is -0.543. The molecule has 0 aliphatic rings.